The lowest BCUT2D eigenvalue weighted by Crippen LogP contribution is -2.15. The Kier molecular flexibility index (Phi) is 3.56. The van der Waals surface area contributed by atoms with Crippen LogP contribution in [0.5, 0.6) is 0 Å². The van der Waals surface area contributed by atoms with Gasteiger partial charge in [0.15, 0.2) is 5.82 Å². The van der Waals surface area contributed by atoms with Gasteiger partial charge in [-0.3, -0.25) is 9.89 Å². The molecule has 0 unspecified atom stereocenters. The molecule has 2 aromatic rings. The molecule has 6 nitrogen and oxygen atoms in total. The van der Waals surface area contributed by atoms with Gasteiger partial charge < -0.3 is 14.6 Å². The number of amides is 1. The second-order valence-electron chi connectivity index (χ2n) is 5.05. The number of anilines is 1. The van der Waals surface area contributed by atoms with Crippen molar-refractivity contribution in [2.45, 2.75) is 18.8 Å². The van der Waals surface area contributed by atoms with Gasteiger partial charge in [0, 0.05) is 44.1 Å². The molecule has 3 rings (SSSR count). The zero-order chi connectivity index (χ0) is 13.9. The molecular weight excluding hydrogens is 256 g/mol. The summed E-state index contributed by atoms with van der Waals surface area (Å²) in [6.45, 7) is 1.57. The number of nitrogens with zero attached hydrogens (tertiary/aromatic N) is 2. The molecule has 6 heteroatoms. The largest absolute Gasteiger partial charge is 0.381 e. The number of nitrogens with one attached hydrogen (secondary N) is 2. The van der Waals surface area contributed by atoms with Gasteiger partial charge in [0.25, 0.3) is 5.91 Å². The number of aryl methyl sites for hydroxylation is 1. The summed E-state index contributed by atoms with van der Waals surface area (Å²) in [5.74, 6) is 0.858. The Balaban J connectivity index is 1.68. The minimum atomic E-state index is -0.150. The van der Waals surface area contributed by atoms with E-state index in [0.717, 1.165) is 31.7 Å². The van der Waals surface area contributed by atoms with E-state index < -0.39 is 0 Å². The molecule has 0 radical (unpaired) electrons. The number of ether oxygens (including phenoxy) is 1. The third kappa shape index (κ3) is 2.60. The maximum atomic E-state index is 12.1. The Morgan fingerprint density at radius 3 is 3.00 bits per heavy atom. The lowest BCUT2D eigenvalue weighted by Gasteiger charge is -2.20. The summed E-state index contributed by atoms with van der Waals surface area (Å²) >= 11 is 0. The molecule has 1 aliphatic rings. The Morgan fingerprint density at radius 2 is 2.30 bits per heavy atom. The molecule has 106 valence electrons. The number of hydrogen-bond acceptors (Lipinski definition) is 3. The van der Waals surface area contributed by atoms with Gasteiger partial charge in [0.1, 0.15) is 5.69 Å². The van der Waals surface area contributed by atoms with Crippen LogP contribution in [0.4, 0.5) is 5.82 Å². The van der Waals surface area contributed by atoms with Crippen LogP contribution >= 0.6 is 0 Å². The van der Waals surface area contributed by atoms with Gasteiger partial charge in [0.05, 0.1) is 0 Å². The second-order valence-corrected chi connectivity index (χ2v) is 5.05. The number of aromatic nitrogens is 3. The van der Waals surface area contributed by atoms with Crippen molar-refractivity contribution in [3.8, 4) is 0 Å². The Morgan fingerprint density at radius 1 is 1.50 bits per heavy atom. The number of rotatable bonds is 3. The molecule has 0 aromatic carbocycles. The van der Waals surface area contributed by atoms with Crippen LogP contribution in [0, 0.1) is 0 Å². The van der Waals surface area contributed by atoms with E-state index in [1.54, 1.807) is 10.6 Å². The van der Waals surface area contributed by atoms with Crippen molar-refractivity contribution in [2.24, 2.45) is 7.05 Å². The first-order chi connectivity index (χ1) is 9.74. The van der Waals surface area contributed by atoms with E-state index in [0.29, 0.717) is 17.4 Å². The minimum absolute atomic E-state index is 0.150. The lowest BCUT2D eigenvalue weighted by molar-refractivity contribution is 0.0845. The molecule has 0 aliphatic carbocycles. The van der Waals surface area contributed by atoms with Crippen molar-refractivity contribution in [1.29, 1.82) is 0 Å². The predicted octanol–water partition coefficient (Wildman–Crippen LogP) is 1.89. The first kappa shape index (κ1) is 12.9. The molecule has 3 heterocycles. The normalized spacial score (nSPS) is 16.2. The van der Waals surface area contributed by atoms with Crippen LogP contribution in [-0.4, -0.2) is 33.9 Å². The van der Waals surface area contributed by atoms with E-state index in [1.165, 1.54) is 0 Å². The van der Waals surface area contributed by atoms with Gasteiger partial charge in [-0.2, -0.15) is 5.10 Å². The minimum Gasteiger partial charge on any atom is -0.381 e. The van der Waals surface area contributed by atoms with Crippen LogP contribution in [0.15, 0.2) is 24.4 Å². The fourth-order valence-corrected chi connectivity index (χ4v) is 2.50. The molecule has 1 saturated heterocycles. The Bertz CT molecular complexity index is 596. The molecule has 0 atom stereocenters. The van der Waals surface area contributed by atoms with Crippen molar-refractivity contribution in [1.82, 2.24) is 14.8 Å². The quantitative estimate of drug-likeness (QED) is 0.897. The zero-order valence-corrected chi connectivity index (χ0v) is 11.4. The third-order valence-electron chi connectivity index (χ3n) is 3.68. The molecule has 20 heavy (non-hydrogen) atoms. The molecule has 1 amide bonds. The smallest absolute Gasteiger partial charge is 0.273 e. The van der Waals surface area contributed by atoms with E-state index in [9.17, 15) is 4.79 Å². The summed E-state index contributed by atoms with van der Waals surface area (Å²) < 4.78 is 7.13. The third-order valence-corrected chi connectivity index (χ3v) is 3.68. The Hall–Kier alpha value is -2.08. The molecule has 0 spiro atoms. The highest BCUT2D eigenvalue weighted by Gasteiger charge is 2.19. The van der Waals surface area contributed by atoms with Gasteiger partial charge in [-0.05, 0) is 25.0 Å². The van der Waals surface area contributed by atoms with E-state index in [1.807, 2.05) is 25.4 Å². The van der Waals surface area contributed by atoms with Gasteiger partial charge >= 0.3 is 0 Å². The van der Waals surface area contributed by atoms with Crippen molar-refractivity contribution < 1.29 is 9.53 Å². The number of H-pyrrole nitrogens is 1. The average molecular weight is 274 g/mol. The van der Waals surface area contributed by atoms with E-state index in [-0.39, 0.29) is 5.91 Å². The maximum Gasteiger partial charge on any atom is 0.273 e. The fraction of sp³-hybridized carbons (Fsp3) is 0.429. The zero-order valence-electron chi connectivity index (χ0n) is 11.4. The Labute approximate surface area is 117 Å². The summed E-state index contributed by atoms with van der Waals surface area (Å²) in [5.41, 5.74) is 1.68. The highest BCUT2D eigenvalue weighted by Crippen LogP contribution is 2.26. The molecule has 0 saturated carbocycles. The fourth-order valence-electron chi connectivity index (χ4n) is 2.50. The standard InChI is InChI=1S/C14H18N4O2/c1-18-6-2-3-12(18)14(19)15-13-9-11(16-17-13)10-4-7-20-8-5-10/h2-3,6,9-10H,4-5,7-8H2,1H3,(H2,15,16,17,19). The maximum absolute atomic E-state index is 12.1. The number of aromatic amines is 1. The van der Waals surface area contributed by atoms with Gasteiger partial charge in [-0.25, -0.2) is 0 Å². The van der Waals surface area contributed by atoms with Crippen LogP contribution in [0.2, 0.25) is 0 Å². The van der Waals surface area contributed by atoms with Crippen molar-refractivity contribution in [3.63, 3.8) is 0 Å². The van der Waals surface area contributed by atoms with Gasteiger partial charge in [-0.15, -0.1) is 0 Å². The van der Waals surface area contributed by atoms with Crippen molar-refractivity contribution in [3.05, 3.63) is 35.8 Å². The first-order valence-electron chi connectivity index (χ1n) is 6.80. The van der Waals surface area contributed by atoms with E-state index >= 15 is 0 Å². The summed E-state index contributed by atoms with van der Waals surface area (Å²) in [7, 11) is 1.84. The summed E-state index contributed by atoms with van der Waals surface area (Å²) in [6, 6.07) is 5.53. The highest BCUT2D eigenvalue weighted by molar-refractivity contribution is 6.02. The van der Waals surface area contributed by atoms with Crippen LogP contribution in [0.1, 0.15) is 34.9 Å². The molecule has 1 fully saturated rings. The van der Waals surface area contributed by atoms with Crippen molar-refractivity contribution >= 4 is 11.7 Å². The van der Waals surface area contributed by atoms with Crippen LogP contribution in [0.3, 0.4) is 0 Å². The monoisotopic (exact) mass is 274 g/mol. The van der Waals surface area contributed by atoms with Crippen LogP contribution < -0.4 is 5.32 Å². The average Bonchev–Trinajstić information content (AvgIpc) is 3.09. The highest BCUT2D eigenvalue weighted by atomic mass is 16.5. The summed E-state index contributed by atoms with van der Waals surface area (Å²) in [5, 5.41) is 9.99. The summed E-state index contributed by atoms with van der Waals surface area (Å²) in [6.07, 6.45) is 3.83. The number of carbonyl (C=O) groups excluding carboxylic acids is 1. The molecule has 2 N–H and O–H groups in total. The number of carbonyl (C=O) groups is 1. The second kappa shape index (κ2) is 5.50. The van der Waals surface area contributed by atoms with E-state index in [4.69, 9.17) is 4.74 Å². The molecule has 2 aromatic heterocycles. The molecule has 0 bridgehead atoms. The lowest BCUT2D eigenvalue weighted by atomic mass is 9.97. The number of hydrogen-bond donors (Lipinski definition) is 2. The molecular formula is C14H18N4O2. The molecule has 1 aliphatic heterocycles. The summed E-state index contributed by atoms with van der Waals surface area (Å²) in [4.78, 5) is 12.1. The van der Waals surface area contributed by atoms with Gasteiger partial charge in [0.2, 0.25) is 0 Å². The predicted molar refractivity (Wildman–Crippen MR) is 74.7 cm³/mol. The topological polar surface area (TPSA) is 71.9 Å². The van der Waals surface area contributed by atoms with Gasteiger partial charge in [-0.1, -0.05) is 0 Å². The first-order valence-corrected chi connectivity index (χ1v) is 6.80. The van der Waals surface area contributed by atoms with E-state index in [2.05, 4.69) is 15.5 Å². The van der Waals surface area contributed by atoms with Crippen molar-refractivity contribution in [2.75, 3.05) is 18.5 Å². The van der Waals surface area contributed by atoms with Crippen LogP contribution in [0.25, 0.3) is 0 Å². The van der Waals surface area contributed by atoms with Crippen LogP contribution in [-0.2, 0) is 11.8 Å². The SMILES string of the molecule is Cn1cccc1C(=O)Nc1cc(C2CCOCC2)[nH]n1.